The Labute approximate surface area is 247 Å². The topological polar surface area (TPSA) is 105 Å². The second kappa shape index (κ2) is 14.8. The molecule has 2 aromatic carbocycles. The maximum absolute atomic E-state index is 13.4. The van der Waals surface area contributed by atoms with Crippen LogP contribution in [-0.4, -0.2) is 74.9 Å². The van der Waals surface area contributed by atoms with Crippen LogP contribution in [0, 0.1) is 0 Å². The highest BCUT2D eigenvalue weighted by Gasteiger charge is 2.28. The maximum atomic E-state index is 13.4. The van der Waals surface area contributed by atoms with Crippen LogP contribution in [0.5, 0.6) is 5.75 Å². The molecule has 2 aliphatic rings. The van der Waals surface area contributed by atoms with Crippen LogP contribution in [0.4, 0.5) is 0 Å². The lowest BCUT2D eigenvalue weighted by atomic mass is 9.97. The van der Waals surface area contributed by atoms with E-state index in [1.807, 2.05) is 12.1 Å². The summed E-state index contributed by atoms with van der Waals surface area (Å²) >= 11 is 6.03. The molecule has 1 saturated heterocycles. The van der Waals surface area contributed by atoms with Crippen LogP contribution in [0.25, 0.3) is 0 Å². The van der Waals surface area contributed by atoms with Gasteiger partial charge in [0, 0.05) is 31.2 Å². The third-order valence-corrected chi connectivity index (χ3v) is 9.52. The standard InChI is InChI=1S/C30H38ClN3O6S/c1-23(30(36)32-16-15-24-5-3-2-4-6-24)34(21-25-7-9-26(31)10-8-25)29(35)22-40-27-11-13-28(14-12-27)41(37,38)33-17-19-39-20-18-33/h5,7-14,23H,2-4,6,15-22H2,1H3,(H,32,36). The monoisotopic (exact) mass is 603 g/mol. The molecule has 41 heavy (non-hydrogen) atoms. The van der Waals surface area contributed by atoms with Crippen LogP contribution in [-0.2, 0) is 30.9 Å². The van der Waals surface area contributed by atoms with E-state index in [1.165, 1.54) is 51.9 Å². The van der Waals surface area contributed by atoms with Crippen LogP contribution in [0.1, 0.15) is 44.6 Å². The molecule has 1 aliphatic heterocycles. The molecule has 1 atom stereocenters. The van der Waals surface area contributed by atoms with Crippen molar-refractivity contribution in [2.75, 3.05) is 39.5 Å². The molecule has 1 fully saturated rings. The van der Waals surface area contributed by atoms with E-state index in [4.69, 9.17) is 21.1 Å². The third-order valence-electron chi connectivity index (χ3n) is 7.36. The van der Waals surface area contributed by atoms with Gasteiger partial charge in [0.15, 0.2) is 6.61 Å². The highest BCUT2D eigenvalue weighted by molar-refractivity contribution is 7.89. The van der Waals surface area contributed by atoms with Gasteiger partial charge in [-0.2, -0.15) is 4.31 Å². The Bertz CT molecular complexity index is 1310. The van der Waals surface area contributed by atoms with Crippen molar-refractivity contribution in [2.45, 2.75) is 56.5 Å². The van der Waals surface area contributed by atoms with Gasteiger partial charge in [-0.05, 0) is 81.0 Å². The minimum absolute atomic E-state index is 0.150. The Hall–Kier alpha value is -2.92. The van der Waals surface area contributed by atoms with E-state index in [0.717, 1.165) is 24.8 Å². The smallest absolute Gasteiger partial charge is 0.261 e. The normalized spacial score (nSPS) is 16.9. The van der Waals surface area contributed by atoms with E-state index in [1.54, 1.807) is 19.1 Å². The first-order valence-corrected chi connectivity index (χ1v) is 15.9. The molecule has 0 spiro atoms. The highest BCUT2D eigenvalue weighted by atomic mass is 35.5. The van der Waals surface area contributed by atoms with Gasteiger partial charge in [0.1, 0.15) is 11.8 Å². The Kier molecular flexibility index (Phi) is 11.2. The summed E-state index contributed by atoms with van der Waals surface area (Å²) in [5, 5.41) is 3.56. The van der Waals surface area contributed by atoms with Crippen molar-refractivity contribution in [3.8, 4) is 5.75 Å². The second-order valence-corrected chi connectivity index (χ2v) is 12.6. The fourth-order valence-corrected chi connectivity index (χ4v) is 6.40. The molecule has 222 valence electrons. The van der Waals surface area contributed by atoms with Gasteiger partial charge in [-0.15, -0.1) is 0 Å². The number of rotatable bonds is 12. The number of allylic oxidation sites excluding steroid dienone is 1. The number of sulfonamides is 1. The van der Waals surface area contributed by atoms with E-state index < -0.39 is 16.1 Å². The first kappa shape index (κ1) is 31.0. The predicted molar refractivity (Wildman–Crippen MR) is 157 cm³/mol. The average Bonchev–Trinajstić information content (AvgIpc) is 3.00. The van der Waals surface area contributed by atoms with E-state index in [0.29, 0.717) is 43.6 Å². The van der Waals surface area contributed by atoms with Gasteiger partial charge >= 0.3 is 0 Å². The molecule has 0 aromatic heterocycles. The summed E-state index contributed by atoms with van der Waals surface area (Å²) in [6, 6.07) is 12.4. The van der Waals surface area contributed by atoms with Gasteiger partial charge in [0.2, 0.25) is 15.9 Å². The summed E-state index contributed by atoms with van der Waals surface area (Å²) in [6.07, 6.45) is 7.64. The van der Waals surface area contributed by atoms with Crippen molar-refractivity contribution in [1.82, 2.24) is 14.5 Å². The van der Waals surface area contributed by atoms with E-state index in [-0.39, 0.29) is 29.9 Å². The number of ether oxygens (including phenoxy) is 2. The molecular weight excluding hydrogens is 566 g/mol. The van der Waals surface area contributed by atoms with Crippen LogP contribution in [0.15, 0.2) is 65.1 Å². The van der Waals surface area contributed by atoms with E-state index >= 15 is 0 Å². The number of hydrogen-bond donors (Lipinski definition) is 1. The first-order valence-electron chi connectivity index (χ1n) is 14.0. The number of benzene rings is 2. The molecule has 9 nitrogen and oxygen atoms in total. The molecule has 1 N–H and O–H groups in total. The molecule has 2 amide bonds. The second-order valence-electron chi connectivity index (χ2n) is 10.2. The summed E-state index contributed by atoms with van der Waals surface area (Å²) in [7, 11) is -3.63. The van der Waals surface area contributed by atoms with Crippen molar-refractivity contribution in [3.05, 3.63) is 70.8 Å². The molecule has 11 heteroatoms. The summed E-state index contributed by atoms with van der Waals surface area (Å²) in [5.41, 5.74) is 2.20. The van der Waals surface area contributed by atoms with Crippen LogP contribution >= 0.6 is 11.6 Å². The maximum Gasteiger partial charge on any atom is 0.261 e. The highest BCUT2D eigenvalue weighted by Crippen LogP contribution is 2.22. The number of hydrogen-bond acceptors (Lipinski definition) is 6. The van der Waals surface area contributed by atoms with Crippen molar-refractivity contribution in [1.29, 1.82) is 0 Å². The minimum Gasteiger partial charge on any atom is -0.484 e. The van der Waals surface area contributed by atoms with Gasteiger partial charge in [0.25, 0.3) is 5.91 Å². The summed E-state index contributed by atoms with van der Waals surface area (Å²) in [5.74, 6) is -0.257. The lowest BCUT2D eigenvalue weighted by molar-refractivity contribution is -0.142. The van der Waals surface area contributed by atoms with Crippen molar-refractivity contribution in [2.24, 2.45) is 0 Å². The Morgan fingerprint density at radius 1 is 1.07 bits per heavy atom. The Balaban J connectivity index is 1.38. The number of carbonyl (C=O) groups excluding carboxylic acids is 2. The molecule has 0 radical (unpaired) electrons. The van der Waals surface area contributed by atoms with Crippen LogP contribution in [0.2, 0.25) is 5.02 Å². The van der Waals surface area contributed by atoms with E-state index in [9.17, 15) is 18.0 Å². The summed E-state index contributed by atoms with van der Waals surface area (Å²) < 4.78 is 38.1. The average molecular weight is 604 g/mol. The van der Waals surface area contributed by atoms with Gasteiger partial charge in [-0.25, -0.2) is 8.42 Å². The summed E-state index contributed by atoms with van der Waals surface area (Å²) in [6.45, 7) is 3.46. The molecule has 1 heterocycles. The zero-order valence-electron chi connectivity index (χ0n) is 23.4. The van der Waals surface area contributed by atoms with E-state index in [2.05, 4.69) is 11.4 Å². The zero-order chi connectivity index (χ0) is 29.2. The van der Waals surface area contributed by atoms with Crippen molar-refractivity contribution in [3.63, 3.8) is 0 Å². The lowest BCUT2D eigenvalue weighted by Crippen LogP contribution is -2.49. The number of morpholine rings is 1. The zero-order valence-corrected chi connectivity index (χ0v) is 25.0. The fraction of sp³-hybridized carbons (Fsp3) is 0.467. The largest absolute Gasteiger partial charge is 0.484 e. The Morgan fingerprint density at radius 3 is 2.44 bits per heavy atom. The molecule has 4 rings (SSSR count). The fourth-order valence-electron chi connectivity index (χ4n) is 4.87. The van der Waals surface area contributed by atoms with Gasteiger partial charge in [0.05, 0.1) is 18.1 Å². The van der Waals surface area contributed by atoms with Gasteiger partial charge in [-0.1, -0.05) is 35.4 Å². The molecule has 1 aliphatic carbocycles. The lowest BCUT2D eigenvalue weighted by Gasteiger charge is -2.29. The van der Waals surface area contributed by atoms with Gasteiger partial charge < -0.3 is 19.7 Å². The molecule has 0 saturated carbocycles. The third kappa shape index (κ3) is 8.78. The number of halogens is 1. The van der Waals surface area contributed by atoms with Crippen molar-refractivity contribution < 1.29 is 27.5 Å². The SMILES string of the molecule is CC(C(=O)NCCC1=CCCCC1)N(Cc1ccc(Cl)cc1)C(=O)COc1ccc(S(=O)(=O)N2CCOCC2)cc1. The summed E-state index contributed by atoms with van der Waals surface area (Å²) in [4.78, 5) is 28.0. The number of nitrogens with zero attached hydrogens (tertiary/aromatic N) is 2. The molecular formula is C30H38ClN3O6S. The number of amides is 2. The minimum atomic E-state index is -3.63. The van der Waals surface area contributed by atoms with Crippen LogP contribution in [0.3, 0.4) is 0 Å². The molecule has 2 aromatic rings. The van der Waals surface area contributed by atoms with Gasteiger partial charge in [-0.3, -0.25) is 9.59 Å². The predicted octanol–water partition coefficient (Wildman–Crippen LogP) is 4.16. The van der Waals surface area contributed by atoms with Crippen LogP contribution < -0.4 is 10.1 Å². The number of carbonyl (C=O) groups is 2. The Morgan fingerprint density at radius 2 is 1.78 bits per heavy atom. The first-order chi connectivity index (χ1) is 19.7. The molecule has 1 unspecified atom stereocenters. The molecule has 0 bridgehead atoms. The quantitative estimate of drug-likeness (QED) is 0.365. The van der Waals surface area contributed by atoms with Crippen molar-refractivity contribution >= 4 is 33.4 Å². The number of nitrogens with one attached hydrogen (secondary N) is 1.